The van der Waals surface area contributed by atoms with Gasteiger partial charge in [-0.25, -0.2) is 4.79 Å². The van der Waals surface area contributed by atoms with Gasteiger partial charge in [0.15, 0.2) is 0 Å². The van der Waals surface area contributed by atoms with Crippen molar-refractivity contribution in [1.29, 1.82) is 0 Å². The molecule has 0 spiro atoms. The zero-order valence-electron chi connectivity index (χ0n) is 19.9. The normalized spacial score (nSPS) is 20.7. The molecule has 6 heteroatoms. The first kappa shape index (κ1) is 22.9. The lowest BCUT2D eigenvalue weighted by atomic mass is 9.92. The number of aryl methyl sites for hydroxylation is 1. The fraction of sp³-hybridized carbons (Fsp3) is 0.300. The van der Waals surface area contributed by atoms with Crippen molar-refractivity contribution in [3.05, 3.63) is 101 Å². The molecule has 2 heterocycles. The standard InChI is InChI=1S/C30H26F3NO2/c1-18-12-19(14-21(13-18)30(31,32)33)20-15-22-10-11-23(16-20)34(22)29(35)36-17-28-26-8-4-2-6-24(26)25-7-3-5-9-27(25)28/h2-9,12-15,22-23,28H,10-11,16-17H2,1H3. The van der Waals surface area contributed by atoms with Gasteiger partial charge >= 0.3 is 12.3 Å². The fourth-order valence-electron chi connectivity index (χ4n) is 6.13. The van der Waals surface area contributed by atoms with Gasteiger partial charge in [-0.2, -0.15) is 13.2 Å². The number of hydrogen-bond acceptors (Lipinski definition) is 2. The van der Waals surface area contributed by atoms with E-state index in [9.17, 15) is 18.0 Å². The second-order valence-electron chi connectivity index (χ2n) is 9.99. The molecule has 3 aromatic rings. The highest BCUT2D eigenvalue weighted by Gasteiger charge is 2.41. The fourth-order valence-corrected chi connectivity index (χ4v) is 6.13. The molecule has 1 saturated heterocycles. The Bertz CT molecular complexity index is 1330. The van der Waals surface area contributed by atoms with Crippen LogP contribution in [0.2, 0.25) is 0 Å². The molecule has 2 bridgehead atoms. The Balaban J connectivity index is 1.21. The number of carbonyl (C=O) groups excluding carboxylic acids is 1. The quantitative estimate of drug-likeness (QED) is 0.379. The van der Waals surface area contributed by atoms with Gasteiger partial charge in [0.2, 0.25) is 0 Å². The smallest absolute Gasteiger partial charge is 0.416 e. The van der Waals surface area contributed by atoms with Gasteiger partial charge in [-0.1, -0.05) is 60.7 Å². The van der Waals surface area contributed by atoms with Crippen molar-refractivity contribution in [3.63, 3.8) is 0 Å². The SMILES string of the molecule is Cc1cc(C2=CC3CCC(C2)N3C(=O)OCC2c3ccccc3-c3ccccc32)cc(C(F)(F)F)c1. The van der Waals surface area contributed by atoms with Crippen molar-refractivity contribution >= 4 is 11.7 Å². The number of benzene rings is 3. The first-order valence-corrected chi connectivity index (χ1v) is 12.3. The van der Waals surface area contributed by atoms with E-state index in [0.717, 1.165) is 29.5 Å². The van der Waals surface area contributed by atoms with Crippen molar-refractivity contribution in [2.45, 2.75) is 50.4 Å². The summed E-state index contributed by atoms with van der Waals surface area (Å²) in [6.45, 7) is 1.94. The topological polar surface area (TPSA) is 29.5 Å². The Morgan fingerprint density at radius 2 is 1.64 bits per heavy atom. The van der Waals surface area contributed by atoms with E-state index in [1.165, 1.54) is 23.3 Å². The van der Waals surface area contributed by atoms with Crippen LogP contribution in [0.1, 0.15) is 53.0 Å². The van der Waals surface area contributed by atoms with Crippen LogP contribution in [0.4, 0.5) is 18.0 Å². The third-order valence-corrected chi connectivity index (χ3v) is 7.72. The van der Waals surface area contributed by atoms with E-state index in [1.807, 2.05) is 30.3 Å². The molecule has 1 aliphatic carbocycles. The third kappa shape index (κ3) is 3.89. The monoisotopic (exact) mass is 489 g/mol. The van der Waals surface area contributed by atoms with Crippen molar-refractivity contribution in [3.8, 4) is 11.1 Å². The molecule has 1 fully saturated rings. The molecule has 3 aliphatic rings. The van der Waals surface area contributed by atoms with Gasteiger partial charge in [-0.05, 0) is 77.3 Å². The Morgan fingerprint density at radius 1 is 0.972 bits per heavy atom. The van der Waals surface area contributed by atoms with Crippen LogP contribution in [0, 0.1) is 6.92 Å². The van der Waals surface area contributed by atoms with Gasteiger partial charge in [0.25, 0.3) is 0 Å². The number of halogens is 3. The van der Waals surface area contributed by atoms with Crippen LogP contribution < -0.4 is 0 Å². The van der Waals surface area contributed by atoms with E-state index in [4.69, 9.17) is 4.74 Å². The van der Waals surface area contributed by atoms with Crippen LogP contribution in [0.5, 0.6) is 0 Å². The van der Waals surface area contributed by atoms with Crippen molar-refractivity contribution in [2.75, 3.05) is 6.61 Å². The van der Waals surface area contributed by atoms with Gasteiger partial charge in [0.05, 0.1) is 11.6 Å². The first-order valence-electron chi connectivity index (χ1n) is 12.3. The minimum Gasteiger partial charge on any atom is -0.448 e. The largest absolute Gasteiger partial charge is 0.448 e. The van der Waals surface area contributed by atoms with Gasteiger partial charge in [0, 0.05) is 12.0 Å². The van der Waals surface area contributed by atoms with Crippen molar-refractivity contribution < 1.29 is 22.7 Å². The summed E-state index contributed by atoms with van der Waals surface area (Å²) in [5, 5.41) is 0. The number of nitrogens with zero attached hydrogens (tertiary/aromatic N) is 1. The number of amides is 1. The molecule has 2 unspecified atom stereocenters. The van der Waals surface area contributed by atoms with Gasteiger partial charge in [-0.15, -0.1) is 0 Å². The number of fused-ring (bicyclic) bond motifs is 5. The lowest BCUT2D eigenvalue weighted by molar-refractivity contribution is -0.137. The van der Waals surface area contributed by atoms with Crippen LogP contribution in [0.15, 0.2) is 72.8 Å². The molecule has 184 valence electrons. The summed E-state index contributed by atoms with van der Waals surface area (Å²) in [4.78, 5) is 15.0. The van der Waals surface area contributed by atoms with E-state index in [-0.39, 0.29) is 30.7 Å². The second-order valence-corrected chi connectivity index (χ2v) is 9.99. The molecular weight excluding hydrogens is 463 g/mol. The number of rotatable bonds is 3. The molecule has 0 radical (unpaired) electrons. The van der Waals surface area contributed by atoms with E-state index >= 15 is 0 Å². The molecule has 3 nitrogen and oxygen atoms in total. The van der Waals surface area contributed by atoms with Crippen LogP contribution in [0.3, 0.4) is 0 Å². The number of hydrogen-bond donors (Lipinski definition) is 0. The first-order chi connectivity index (χ1) is 17.3. The molecule has 1 amide bonds. The summed E-state index contributed by atoms with van der Waals surface area (Å²) in [5.74, 6) is -0.0111. The molecule has 6 rings (SSSR count). The summed E-state index contributed by atoms with van der Waals surface area (Å²) in [6, 6.07) is 20.4. The van der Waals surface area contributed by atoms with Gasteiger partial charge < -0.3 is 4.74 Å². The highest BCUT2D eigenvalue weighted by molar-refractivity contribution is 5.79. The maximum absolute atomic E-state index is 13.4. The predicted octanol–water partition coefficient (Wildman–Crippen LogP) is 7.58. The molecule has 3 aromatic carbocycles. The van der Waals surface area contributed by atoms with Crippen LogP contribution in [-0.2, 0) is 10.9 Å². The van der Waals surface area contributed by atoms with Crippen molar-refractivity contribution in [2.24, 2.45) is 0 Å². The summed E-state index contributed by atoms with van der Waals surface area (Å²) >= 11 is 0. The average Bonchev–Trinajstić information content (AvgIpc) is 3.32. The molecule has 0 N–H and O–H groups in total. The highest BCUT2D eigenvalue weighted by Crippen LogP contribution is 2.45. The third-order valence-electron chi connectivity index (χ3n) is 7.72. The summed E-state index contributed by atoms with van der Waals surface area (Å²) in [7, 11) is 0. The Labute approximate surface area is 208 Å². The molecular formula is C30H26F3NO2. The lowest BCUT2D eigenvalue weighted by Crippen LogP contribution is -2.43. The van der Waals surface area contributed by atoms with Crippen LogP contribution in [-0.4, -0.2) is 29.7 Å². The van der Waals surface area contributed by atoms with Gasteiger partial charge in [0.1, 0.15) is 6.61 Å². The number of carbonyl (C=O) groups is 1. The number of alkyl halides is 3. The van der Waals surface area contributed by atoms with Crippen molar-refractivity contribution in [1.82, 2.24) is 4.90 Å². The van der Waals surface area contributed by atoms with Crippen LogP contribution in [0.25, 0.3) is 16.7 Å². The maximum atomic E-state index is 13.4. The molecule has 2 aliphatic heterocycles. The minimum absolute atomic E-state index is 0.0111. The zero-order valence-corrected chi connectivity index (χ0v) is 19.9. The Morgan fingerprint density at radius 3 is 2.28 bits per heavy atom. The summed E-state index contributed by atoms with van der Waals surface area (Å²) in [5.41, 5.74) is 6.08. The van der Waals surface area contributed by atoms with E-state index in [1.54, 1.807) is 17.9 Å². The van der Waals surface area contributed by atoms with Gasteiger partial charge in [-0.3, -0.25) is 4.90 Å². The average molecular weight is 490 g/mol. The number of ether oxygens (including phenoxy) is 1. The van der Waals surface area contributed by atoms with Crippen LogP contribution >= 0.6 is 0 Å². The maximum Gasteiger partial charge on any atom is 0.416 e. The molecule has 0 saturated carbocycles. The predicted molar refractivity (Wildman–Crippen MR) is 132 cm³/mol. The Hall–Kier alpha value is -3.54. The molecule has 2 atom stereocenters. The second kappa shape index (κ2) is 8.54. The summed E-state index contributed by atoms with van der Waals surface area (Å²) < 4.78 is 46.0. The minimum atomic E-state index is -4.39. The van der Waals surface area contributed by atoms with E-state index in [2.05, 4.69) is 24.3 Å². The highest BCUT2D eigenvalue weighted by atomic mass is 19.4. The molecule has 0 aromatic heterocycles. The molecule has 36 heavy (non-hydrogen) atoms. The zero-order chi connectivity index (χ0) is 25.0. The Kier molecular flexibility index (Phi) is 5.43. The van der Waals surface area contributed by atoms with E-state index < -0.39 is 11.7 Å². The van der Waals surface area contributed by atoms with E-state index in [0.29, 0.717) is 17.5 Å². The summed E-state index contributed by atoms with van der Waals surface area (Å²) in [6.07, 6.45) is -0.646. The lowest BCUT2D eigenvalue weighted by Gasteiger charge is -2.34.